The molecule has 1 aliphatic carbocycles. The van der Waals surface area contributed by atoms with Gasteiger partial charge in [-0.1, -0.05) is 19.3 Å². The van der Waals surface area contributed by atoms with E-state index in [2.05, 4.69) is 0 Å². The summed E-state index contributed by atoms with van der Waals surface area (Å²) in [6.07, 6.45) is 7.39. The minimum Gasteiger partial charge on any atom is -0.477 e. The second kappa shape index (κ2) is 6.59. The molecule has 0 aliphatic heterocycles. The summed E-state index contributed by atoms with van der Waals surface area (Å²) in [7, 11) is 0. The fraction of sp³-hybridized carbons (Fsp3) is 0.600. The lowest BCUT2D eigenvalue weighted by molar-refractivity contribution is -0.134. The van der Waals surface area contributed by atoms with E-state index in [0.29, 0.717) is 12.6 Å². The predicted octanol–water partition coefficient (Wildman–Crippen LogP) is 2.37. The lowest BCUT2D eigenvalue weighted by atomic mass is 9.94. The Morgan fingerprint density at radius 2 is 2.05 bits per heavy atom. The van der Waals surface area contributed by atoms with Crippen LogP contribution in [0.15, 0.2) is 18.3 Å². The zero-order valence-corrected chi connectivity index (χ0v) is 11.9. The van der Waals surface area contributed by atoms with Gasteiger partial charge < -0.3 is 14.6 Å². The average Bonchev–Trinajstić information content (AvgIpc) is 2.89. The molecule has 1 heterocycles. The number of aromatic nitrogens is 1. The van der Waals surface area contributed by atoms with Gasteiger partial charge in [0.05, 0.1) is 0 Å². The van der Waals surface area contributed by atoms with E-state index in [-0.39, 0.29) is 18.1 Å². The smallest absolute Gasteiger partial charge is 0.352 e. The van der Waals surface area contributed by atoms with E-state index < -0.39 is 5.97 Å². The van der Waals surface area contributed by atoms with Crippen LogP contribution in [0.3, 0.4) is 0 Å². The highest BCUT2D eigenvalue weighted by molar-refractivity contribution is 5.87. The fourth-order valence-corrected chi connectivity index (χ4v) is 3.01. The maximum Gasteiger partial charge on any atom is 0.352 e. The maximum atomic E-state index is 12.4. The Hall–Kier alpha value is -1.78. The first-order chi connectivity index (χ1) is 9.63. The lowest BCUT2D eigenvalue weighted by Gasteiger charge is -2.33. The standard InChI is InChI=1S/C15H22N2O3/c1-2-17(12-7-4-3-5-8-12)14(18)11-16-10-6-9-13(16)15(19)20/h6,9-10,12H,2-5,7-8,11H2,1H3,(H,19,20). The Morgan fingerprint density at radius 3 is 2.65 bits per heavy atom. The van der Waals surface area contributed by atoms with Crippen LogP contribution in [0, 0.1) is 0 Å². The van der Waals surface area contributed by atoms with Gasteiger partial charge in [0.2, 0.25) is 5.91 Å². The third-order valence-corrected chi connectivity index (χ3v) is 4.03. The summed E-state index contributed by atoms with van der Waals surface area (Å²) in [5.41, 5.74) is 0.165. The molecule has 5 nitrogen and oxygen atoms in total. The van der Waals surface area contributed by atoms with Crippen LogP contribution in [-0.4, -0.2) is 39.0 Å². The SMILES string of the molecule is CCN(C(=O)Cn1cccc1C(=O)O)C1CCCCC1. The summed E-state index contributed by atoms with van der Waals surface area (Å²) in [5.74, 6) is -0.985. The van der Waals surface area contributed by atoms with E-state index in [0.717, 1.165) is 12.8 Å². The number of carboxylic acids is 1. The number of rotatable bonds is 5. The van der Waals surface area contributed by atoms with Crippen molar-refractivity contribution in [2.45, 2.75) is 51.6 Å². The van der Waals surface area contributed by atoms with Crippen LogP contribution in [0.4, 0.5) is 0 Å². The molecule has 1 aromatic heterocycles. The fourth-order valence-electron chi connectivity index (χ4n) is 3.01. The normalized spacial score (nSPS) is 16.1. The summed E-state index contributed by atoms with van der Waals surface area (Å²) in [5, 5.41) is 9.07. The molecule has 1 N–H and O–H groups in total. The molecular weight excluding hydrogens is 256 g/mol. The van der Waals surface area contributed by atoms with Crippen molar-refractivity contribution in [1.29, 1.82) is 0 Å². The first-order valence-electron chi connectivity index (χ1n) is 7.31. The molecule has 0 spiro atoms. The van der Waals surface area contributed by atoms with Gasteiger partial charge in [-0.3, -0.25) is 4.79 Å². The van der Waals surface area contributed by atoms with Gasteiger partial charge in [0, 0.05) is 18.8 Å². The molecule has 0 aromatic carbocycles. The monoisotopic (exact) mass is 278 g/mol. The van der Waals surface area contributed by atoms with Crippen molar-refractivity contribution in [2.75, 3.05) is 6.54 Å². The number of carboxylic acid groups (broad SMARTS) is 1. The molecule has 2 rings (SSSR count). The Labute approximate surface area is 119 Å². The van der Waals surface area contributed by atoms with E-state index in [9.17, 15) is 9.59 Å². The van der Waals surface area contributed by atoms with Crippen molar-refractivity contribution < 1.29 is 14.7 Å². The molecule has 20 heavy (non-hydrogen) atoms. The van der Waals surface area contributed by atoms with Gasteiger partial charge in [0.25, 0.3) is 0 Å². The minimum atomic E-state index is -0.997. The van der Waals surface area contributed by atoms with Gasteiger partial charge in [0.15, 0.2) is 0 Å². The van der Waals surface area contributed by atoms with Crippen molar-refractivity contribution >= 4 is 11.9 Å². The van der Waals surface area contributed by atoms with Crippen LogP contribution in [0.1, 0.15) is 49.5 Å². The number of amides is 1. The summed E-state index contributed by atoms with van der Waals surface area (Å²) in [6, 6.07) is 3.50. The molecular formula is C15H22N2O3. The number of carbonyl (C=O) groups is 2. The Bertz CT molecular complexity index is 475. The van der Waals surface area contributed by atoms with Gasteiger partial charge in [-0.2, -0.15) is 0 Å². The number of carbonyl (C=O) groups excluding carboxylic acids is 1. The zero-order valence-electron chi connectivity index (χ0n) is 11.9. The summed E-state index contributed by atoms with van der Waals surface area (Å²) in [6.45, 7) is 2.78. The molecule has 1 saturated carbocycles. The van der Waals surface area contributed by atoms with Crippen molar-refractivity contribution in [3.05, 3.63) is 24.0 Å². The van der Waals surface area contributed by atoms with Gasteiger partial charge in [-0.25, -0.2) is 4.79 Å². The van der Waals surface area contributed by atoms with Crippen molar-refractivity contribution in [3.8, 4) is 0 Å². The third-order valence-electron chi connectivity index (χ3n) is 4.03. The molecule has 1 aliphatic rings. The molecule has 1 fully saturated rings. The van der Waals surface area contributed by atoms with Crippen LogP contribution in [0.5, 0.6) is 0 Å². The van der Waals surface area contributed by atoms with Gasteiger partial charge >= 0.3 is 5.97 Å². The second-order valence-electron chi connectivity index (χ2n) is 5.30. The minimum absolute atomic E-state index is 0.0121. The number of likely N-dealkylation sites (N-methyl/N-ethyl adjacent to an activating group) is 1. The van der Waals surface area contributed by atoms with Gasteiger partial charge in [0.1, 0.15) is 12.2 Å². The summed E-state index contributed by atoms with van der Waals surface area (Å²) in [4.78, 5) is 25.4. The average molecular weight is 278 g/mol. The molecule has 0 bridgehead atoms. The van der Waals surface area contributed by atoms with Crippen LogP contribution in [-0.2, 0) is 11.3 Å². The maximum absolute atomic E-state index is 12.4. The third kappa shape index (κ3) is 3.21. The van der Waals surface area contributed by atoms with Crippen LogP contribution < -0.4 is 0 Å². The van der Waals surface area contributed by atoms with Gasteiger partial charge in [-0.15, -0.1) is 0 Å². The molecule has 5 heteroatoms. The number of aromatic carboxylic acids is 1. The van der Waals surface area contributed by atoms with E-state index in [1.165, 1.54) is 29.9 Å². The van der Waals surface area contributed by atoms with Crippen molar-refractivity contribution in [1.82, 2.24) is 9.47 Å². The molecule has 0 radical (unpaired) electrons. The number of hydrogen-bond donors (Lipinski definition) is 1. The predicted molar refractivity (Wildman–Crippen MR) is 75.7 cm³/mol. The van der Waals surface area contributed by atoms with Crippen LogP contribution >= 0.6 is 0 Å². The molecule has 1 aromatic rings. The summed E-state index contributed by atoms with van der Waals surface area (Å²) >= 11 is 0. The number of nitrogens with zero attached hydrogens (tertiary/aromatic N) is 2. The second-order valence-corrected chi connectivity index (χ2v) is 5.30. The highest BCUT2D eigenvalue weighted by atomic mass is 16.4. The molecule has 110 valence electrons. The highest BCUT2D eigenvalue weighted by Gasteiger charge is 2.24. The van der Waals surface area contributed by atoms with Crippen molar-refractivity contribution in [3.63, 3.8) is 0 Å². The lowest BCUT2D eigenvalue weighted by Crippen LogP contribution is -2.43. The highest BCUT2D eigenvalue weighted by Crippen LogP contribution is 2.22. The van der Waals surface area contributed by atoms with E-state index >= 15 is 0 Å². The van der Waals surface area contributed by atoms with Gasteiger partial charge in [-0.05, 0) is 31.9 Å². The quantitative estimate of drug-likeness (QED) is 0.899. The van der Waals surface area contributed by atoms with E-state index in [4.69, 9.17) is 5.11 Å². The van der Waals surface area contributed by atoms with Crippen LogP contribution in [0.25, 0.3) is 0 Å². The topological polar surface area (TPSA) is 62.5 Å². The van der Waals surface area contributed by atoms with E-state index in [1.54, 1.807) is 12.3 Å². The Kier molecular flexibility index (Phi) is 4.82. The zero-order chi connectivity index (χ0) is 14.5. The summed E-state index contributed by atoms with van der Waals surface area (Å²) < 4.78 is 1.51. The molecule has 1 amide bonds. The van der Waals surface area contributed by atoms with E-state index in [1.807, 2.05) is 11.8 Å². The molecule has 0 unspecified atom stereocenters. The number of hydrogen-bond acceptors (Lipinski definition) is 2. The van der Waals surface area contributed by atoms with Crippen LogP contribution in [0.2, 0.25) is 0 Å². The van der Waals surface area contributed by atoms with Crippen molar-refractivity contribution in [2.24, 2.45) is 0 Å². The first-order valence-corrected chi connectivity index (χ1v) is 7.31. The molecule has 0 saturated heterocycles. The Balaban J connectivity index is 2.05. The first kappa shape index (κ1) is 14.6. The Morgan fingerprint density at radius 1 is 1.35 bits per heavy atom. The molecule has 0 atom stereocenters. The largest absolute Gasteiger partial charge is 0.477 e.